The summed E-state index contributed by atoms with van der Waals surface area (Å²) in [5.41, 5.74) is 2.14. The summed E-state index contributed by atoms with van der Waals surface area (Å²) in [6, 6.07) is 16.0. The van der Waals surface area contributed by atoms with Crippen molar-refractivity contribution in [3.63, 3.8) is 0 Å². The summed E-state index contributed by atoms with van der Waals surface area (Å²) in [7, 11) is 0. The van der Waals surface area contributed by atoms with Crippen molar-refractivity contribution in [1.82, 2.24) is 14.8 Å². The van der Waals surface area contributed by atoms with E-state index in [1.54, 1.807) is 36.0 Å². The fourth-order valence-corrected chi connectivity index (χ4v) is 3.61. The molecule has 2 aromatic heterocycles. The fraction of sp³-hybridized carbons (Fsp3) is 0.200. The molecule has 33 heavy (non-hydrogen) atoms. The predicted octanol–water partition coefficient (Wildman–Crippen LogP) is 4.26. The summed E-state index contributed by atoms with van der Waals surface area (Å²) in [4.78, 5) is 29.2. The molecular formula is C25H24N4O4. The highest BCUT2D eigenvalue weighted by atomic mass is 16.5. The number of fused-ring (bicyclic) bond motifs is 1. The second-order valence-corrected chi connectivity index (χ2v) is 7.43. The molecule has 0 saturated carbocycles. The number of phenols is 1. The number of anilines is 1. The van der Waals surface area contributed by atoms with Crippen LogP contribution in [0.3, 0.4) is 0 Å². The maximum atomic E-state index is 13.2. The second kappa shape index (κ2) is 9.95. The number of aryl methyl sites for hydroxylation is 1. The lowest BCUT2D eigenvalue weighted by Gasteiger charge is -2.14. The largest absolute Gasteiger partial charge is 0.506 e. The molecule has 0 aliphatic carbocycles. The van der Waals surface area contributed by atoms with Gasteiger partial charge in [0.15, 0.2) is 5.82 Å². The summed E-state index contributed by atoms with van der Waals surface area (Å²) in [5.74, 6) is -0.363. The van der Waals surface area contributed by atoms with E-state index >= 15 is 0 Å². The Labute approximate surface area is 190 Å². The van der Waals surface area contributed by atoms with Crippen LogP contribution in [0.15, 0.2) is 67.0 Å². The van der Waals surface area contributed by atoms with Gasteiger partial charge in [-0.15, -0.1) is 0 Å². The Hall–Kier alpha value is -4.20. The second-order valence-electron chi connectivity index (χ2n) is 7.43. The van der Waals surface area contributed by atoms with E-state index in [4.69, 9.17) is 4.74 Å². The number of pyridine rings is 1. The number of aromatic nitrogens is 3. The molecule has 0 fully saturated rings. The van der Waals surface area contributed by atoms with Crippen molar-refractivity contribution in [3.05, 3.63) is 78.1 Å². The third kappa shape index (κ3) is 5.01. The van der Waals surface area contributed by atoms with Crippen molar-refractivity contribution in [3.8, 4) is 11.6 Å². The molecule has 0 aliphatic rings. The molecule has 2 aromatic carbocycles. The van der Waals surface area contributed by atoms with Crippen LogP contribution >= 0.6 is 0 Å². The number of ether oxygens (including phenoxy) is 1. The zero-order chi connectivity index (χ0) is 23.2. The van der Waals surface area contributed by atoms with E-state index in [1.165, 1.54) is 6.07 Å². The number of nitrogens with one attached hydrogen (secondary N) is 1. The molecule has 2 heterocycles. The number of carbonyl (C=O) groups is 2. The molecule has 4 aromatic rings. The summed E-state index contributed by atoms with van der Waals surface area (Å²) in [6.07, 6.45) is 4.70. The number of hydrogen-bond acceptors (Lipinski definition) is 6. The smallest absolute Gasteiger partial charge is 0.305 e. The molecule has 8 nitrogen and oxygen atoms in total. The number of hydrogen-bond donors (Lipinski definition) is 2. The van der Waals surface area contributed by atoms with Gasteiger partial charge in [0.1, 0.15) is 5.75 Å². The van der Waals surface area contributed by atoms with Crippen molar-refractivity contribution in [1.29, 1.82) is 0 Å². The molecule has 168 valence electrons. The number of nitrogens with zero attached hydrogens (tertiary/aromatic N) is 3. The Kier molecular flexibility index (Phi) is 6.64. The zero-order valence-electron chi connectivity index (χ0n) is 18.2. The monoisotopic (exact) mass is 444 g/mol. The molecule has 8 heteroatoms. The molecule has 0 spiro atoms. The van der Waals surface area contributed by atoms with Gasteiger partial charge in [0, 0.05) is 24.2 Å². The molecule has 2 N–H and O–H groups in total. The Morgan fingerprint density at radius 3 is 2.76 bits per heavy atom. The van der Waals surface area contributed by atoms with Crippen LogP contribution in [0, 0.1) is 0 Å². The number of rotatable bonds is 8. The van der Waals surface area contributed by atoms with Crippen LogP contribution in [0.25, 0.3) is 16.7 Å². The number of phenolic OH excluding ortho intramolecular Hbond substituents is 1. The van der Waals surface area contributed by atoms with E-state index in [-0.39, 0.29) is 18.1 Å². The lowest BCUT2D eigenvalue weighted by atomic mass is 10.0. The normalized spacial score (nSPS) is 10.8. The molecule has 4 rings (SSSR count). The van der Waals surface area contributed by atoms with Gasteiger partial charge in [-0.1, -0.05) is 30.3 Å². The van der Waals surface area contributed by atoms with Gasteiger partial charge < -0.3 is 15.2 Å². The van der Waals surface area contributed by atoms with Crippen LogP contribution in [-0.4, -0.2) is 38.4 Å². The predicted molar refractivity (Wildman–Crippen MR) is 124 cm³/mol. The Morgan fingerprint density at radius 1 is 1.09 bits per heavy atom. The number of esters is 1. The van der Waals surface area contributed by atoms with Gasteiger partial charge in [0.2, 0.25) is 0 Å². The molecule has 0 radical (unpaired) electrons. The first-order valence-corrected chi connectivity index (χ1v) is 10.7. The number of para-hydroxylation sites is 1. The van der Waals surface area contributed by atoms with Crippen molar-refractivity contribution in [2.45, 2.75) is 26.2 Å². The van der Waals surface area contributed by atoms with Gasteiger partial charge in [0.25, 0.3) is 5.91 Å². The third-order valence-electron chi connectivity index (χ3n) is 5.16. The highest BCUT2D eigenvalue weighted by molar-refractivity contribution is 6.07. The van der Waals surface area contributed by atoms with E-state index in [0.29, 0.717) is 36.5 Å². The summed E-state index contributed by atoms with van der Waals surface area (Å²) >= 11 is 0. The van der Waals surface area contributed by atoms with Gasteiger partial charge in [-0.25, -0.2) is 9.67 Å². The quantitative estimate of drug-likeness (QED) is 0.311. The average molecular weight is 444 g/mol. The SMILES string of the molecule is CCOC(=O)CCCc1cccc(O)c1NC(=O)c1cccnc1-n1cc2ccccc2n1. The molecule has 0 bridgehead atoms. The van der Waals surface area contributed by atoms with Crippen LogP contribution in [-0.2, 0) is 16.0 Å². The third-order valence-corrected chi connectivity index (χ3v) is 5.16. The van der Waals surface area contributed by atoms with Crippen LogP contribution < -0.4 is 5.32 Å². The minimum atomic E-state index is -0.425. The lowest BCUT2D eigenvalue weighted by Crippen LogP contribution is -2.17. The van der Waals surface area contributed by atoms with E-state index in [0.717, 1.165) is 16.5 Å². The van der Waals surface area contributed by atoms with Crippen molar-refractivity contribution in [2.75, 3.05) is 11.9 Å². The van der Waals surface area contributed by atoms with Gasteiger partial charge in [-0.3, -0.25) is 9.59 Å². The average Bonchev–Trinajstić information content (AvgIpc) is 3.25. The highest BCUT2D eigenvalue weighted by Crippen LogP contribution is 2.29. The van der Waals surface area contributed by atoms with Crippen molar-refractivity contribution < 1.29 is 19.4 Å². The fourth-order valence-electron chi connectivity index (χ4n) is 3.61. The molecule has 1 amide bonds. The summed E-state index contributed by atoms with van der Waals surface area (Å²) in [5, 5.41) is 18.7. The Balaban J connectivity index is 1.58. The molecule has 0 atom stereocenters. The molecule has 0 saturated heterocycles. The minimum absolute atomic E-state index is 0.0488. The maximum absolute atomic E-state index is 13.2. The van der Waals surface area contributed by atoms with Gasteiger partial charge >= 0.3 is 5.97 Å². The summed E-state index contributed by atoms with van der Waals surface area (Å²) in [6.45, 7) is 2.10. The van der Waals surface area contributed by atoms with Crippen LogP contribution in [0.2, 0.25) is 0 Å². The Bertz CT molecular complexity index is 1270. The van der Waals surface area contributed by atoms with Gasteiger partial charge in [0.05, 0.1) is 23.4 Å². The van der Waals surface area contributed by atoms with Crippen LogP contribution in [0.5, 0.6) is 5.75 Å². The zero-order valence-corrected chi connectivity index (χ0v) is 18.2. The standard InChI is InChI=1S/C25H24N4O4/c1-2-33-22(31)14-6-10-17-9-5-13-21(30)23(17)27-25(32)19-11-7-15-26-24(19)29-16-18-8-3-4-12-20(18)28-29/h3-5,7-9,11-13,15-16,30H,2,6,10,14H2,1H3,(H,27,32). The van der Waals surface area contributed by atoms with E-state index in [2.05, 4.69) is 15.4 Å². The topological polar surface area (TPSA) is 106 Å². The lowest BCUT2D eigenvalue weighted by molar-refractivity contribution is -0.143. The highest BCUT2D eigenvalue weighted by Gasteiger charge is 2.18. The number of benzene rings is 2. The Morgan fingerprint density at radius 2 is 1.94 bits per heavy atom. The van der Waals surface area contributed by atoms with E-state index < -0.39 is 5.91 Å². The number of aromatic hydroxyl groups is 1. The first-order chi connectivity index (χ1) is 16.1. The van der Waals surface area contributed by atoms with Gasteiger partial charge in [-0.05, 0) is 49.6 Å². The summed E-state index contributed by atoms with van der Waals surface area (Å²) < 4.78 is 6.53. The number of carbonyl (C=O) groups excluding carboxylic acids is 2. The van der Waals surface area contributed by atoms with Crippen LogP contribution in [0.1, 0.15) is 35.7 Å². The van der Waals surface area contributed by atoms with Gasteiger partial charge in [-0.2, -0.15) is 5.10 Å². The maximum Gasteiger partial charge on any atom is 0.305 e. The number of amides is 1. The van der Waals surface area contributed by atoms with Crippen molar-refractivity contribution in [2.24, 2.45) is 0 Å². The molecule has 0 aliphatic heterocycles. The first kappa shape index (κ1) is 22.0. The minimum Gasteiger partial charge on any atom is -0.506 e. The van der Waals surface area contributed by atoms with E-state index in [9.17, 15) is 14.7 Å². The molecular weight excluding hydrogens is 420 g/mol. The van der Waals surface area contributed by atoms with E-state index in [1.807, 2.05) is 36.5 Å². The first-order valence-electron chi connectivity index (χ1n) is 10.7. The van der Waals surface area contributed by atoms with Crippen LogP contribution in [0.4, 0.5) is 5.69 Å². The van der Waals surface area contributed by atoms with Crippen molar-refractivity contribution >= 4 is 28.5 Å². The molecule has 0 unspecified atom stereocenters.